The minimum Gasteiger partial charge on any atom is -0.390 e. The number of amides is 1. The van der Waals surface area contributed by atoms with Crippen LogP contribution in [0.4, 0.5) is 4.39 Å². The van der Waals surface area contributed by atoms with E-state index in [1.807, 2.05) is 29.2 Å². The Labute approximate surface area is 175 Å². The van der Waals surface area contributed by atoms with Gasteiger partial charge in [0.2, 0.25) is 5.91 Å². The average Bonchev–Trinajstić information content (AvgIpc) is 3.41. The van der Waals surface area contributed by atoms with E-state index in [-0.39, 0.29) is 23.7 Å². The van der Waals surface area contributed by atoms with Crippen LogP contribution in [0.3, 0.4) is 0 Å². The SMILES string of the molecule is O=C(C1CCCC1)N(Cc1ccccc1Cl)CC1CC(c2ccc(F)cc2)=NO1. The predicted molar refractivity (Wildman–Crippen MR) is 111 cm³/mol. The Morgan fingerprint density at radius 1 is 1.14 bits per heavy atom. The maximum Gasteiger partial charge on any atom is 0.226 e. The van der Waals surface area contributed by atoms with Gasteiger partial charge in [0, 0.05) is 23.9 Å². The Kier molecular flexibility index (Phi) is 6.14. The molecule has 0 radical (unpaired) electrons. The minimum absolute atomic E-state index is 0.0800. The molecule has 2 aromatic carbocycles. The third-order valence-corrected chi connectivity index (χ3v) is 6.04. The fraction of sp³-hybridized carbons (Fsp3) is 0.391. The normalized spacial score (nSPS) is 19.1. The quantitative estimate of drug-likeness (QED) is 0.652. The van der Waals surface area contributed by atoms with Crippen LogP contribution in [0.15, 0.2) is 53.7 Å². The molecule has 29 heavy (non-hydrogen) atoms. The molecule has 4 nitrogen and oxygen atoms in total. The van der Waals surface area contributed by atoms with Crippen LogP contribution < -0.4 is 0 Å². The Morgan fingerprint density at radius 2 is 1.86 bits per heavy atom. The molecule has 0 N–H and O–H groups in total. The first-order chi connectivity index (χ1) is 14.1. The third-order valence-electron chi connectivity index (χ3n) is 5.67. The number of carbonyl (C=O) groups is 1. The topological polar surface area (TPSA) is 41.9 Å². The van der Waals surface area contributed by atoms with Gasteiger partial charge in [-0.3, -0.25) is 4.79 Å². The standard InChI is InChI=1S/C23H24ClFN2O2/c24-21-8-4-3-7-18(21)14-27(23(28)17-5-1-2-6-17)15-20-13-22(26-29-20)16-9-11-19(25)12-10-16/h3-4,7-12,17,20H,1-2,5-6,13-15H2. The van der Waals surface area contributed by atoms with Gasteiger partial charge in [-0.05, 0) is 42.2 Å². The summed E-state index contributed by atoms with van der Waals surface area (Å²) in [7, 11) is 0. The lowest BCUT2D eigenvalue weighted by Gasteiger charge is -2.28. The summed E-state index contributed by atoms with van der Waals surface area (Å²) >= 11 is 6.34. The second-order valence-corrected chi connectivity index (χ2v) is 8.18. The Hall–Kier alpha value is -2.40. The van der Waals surface area contributed by atoms with Crippen molar-refractivity contribution in [2.24, 2.45) is 11.1 Å². The molecule has 1 aliphatic heterocycles. The zero-order chi connectivity index (χ0) is 20.2. The summed E-state index contributed by atoms with van der Waals surface area (Å²) in [6, 6.07) is 13.8. The van der Waals surface area contributed by atoms with E-state index in [4.69, 9.17) is 16.4 Å². The molecule has 0 saturated heterocycles. The first kappa shape index (κ1) is 19.9. The van der Waals surface area contributed by atoms with E-state index in [1.54, 1.807) is 12.1 Å². The maximum atomic E-state index is 13.2. The van der Waals surface area contributed by atoms with Crippen LogP contribution in [0.5, 0.6) is 0 Å². The van der Waals surface area contributed by atoms with Crippen molar-refractivity contribution in [3.8, 4) is 0 Å². The first-order valence-electron chi connectivity index (χ1n) is 10.1. The zero-order valence-corrected chi connectivity index (χ0v) is 16.9. The van der Waals surface area contributed by atoms with Crippen LogP contribution in [-0.2, 0) is 16.2 Å². The highest BCUT2D eigenvalue weighted by molar-refractivity contribution is 6.31. The van der Waals surface area contributed by atoms with Crippen LogP contribution in [0, 0.1) is 11.7 Å². The van der Waals surface area contributed by atoms with Crippen molar-refractivity contribution >= 4 is 23.2 Å². The van der Waals surface area contributed by atoms with Gasteiger partial charge in [-0.25, -0.2) is 4.39 Å². The van der Waals surface area contributed by atoms with E-state index in [2.05, 4.69) is 5.16 Å². The number of rotatable bonds is 6. The summed E-state index contributed by atoms with van der Waals surface area (Å²) in [5.74, 6) is -0.0319. The summed E-state index contributed by atoms with van der Waals surface area (Å²) in [6.07, 6.45) is 4.47. The molecule has 1 aliphatic carbocycles. The van der Waals surface area contributed by atoms with Crippen molar-refractivity contribution in [1.82, 2.24) is 4.90 Å². The van der Waals surface area contributed by atoms with Crippen LogP contribution in [-0.4, -0.2) is 29.2 Å². The molecular formula is C23H24ClFN2O2. The highest BCUT2D eigenvalue weighted by Crippen LogP contribution is 2.29. The summed E-state index contributed by atoms with van der Waals surface area (Å²) in [5, 5.41) is 4.84. The Bertz CT molecular complexity index is 894. The number of oxime groups is 1. The van der Waals surface area contributed by atoms with Crippen molar-refractivity contribution in [2.75, 3.05) is 6.54 Å². The number of benzene rings is 2. The van der Waals surface area contributed by atoms with E-state index in [1.165, 1.54) is 12.1 Å². The number of hydrogen-bond donors (Lipinski definition) is 0. The number of halogens is 2. The molecule has 2 aliphatic rings. The van der Waals surface area contributed by atoms with Crippen molar-refractivity contribution in [1.29, 1.82) is 0 Å². The summed E-state index contributed by atoms with van der Waals surface area (Å²) < 4.78 is 13.2. The molecular weight excluding hydrogens is 391 g/mol. The highest BCUT2D eigenvalue weighted by Gasteiger charge is 2.31. The summed E-state index contributed by atoms with van der Waals surface area (Å²) in [6.45, 7) is 0.912. The molecule has 152 valence electrons. The molecule has 1 unspecified atom stereocenters. The predicted octanol–water partition coefficient (Wildman–Crippen LogP) is 5.19. The molecule has 1 atom stereocenters. The number of nitrogens with zero attached hydrogens (tertiary/aromatic N) is 2. The molecule has 0 spiro atoms. The Morgan fingerprint density at radius 3 is 2.59 bits per heavy atom. The third kappa shape index (κ3) is 4.78. The van der Waals surface area contributed by atoms with Crippen molar-refractivity contribution < 1.29 is 14.0 Å². The lowest BCUT2D eigenvalue weighted by Crippen LogP contribution is -2.40. The number of hydrogen-bond acceptors (Lipinski definition) is 3. The Balaban J connectivity index is 1.46. The van der Waals surface area contributed by atoms with E-state index >= 15 is 0 Å². The second kappa shape index (κ2) is 8.95. The minimum atomic E-state index is -0.280. The molecule has 2 aromatic rings. The monoisotopic (exact) mass is 414 g/mol. The van der Waals surface area contributed by atoms with E-state index in [9.17, 15) is 9.18 Å². The summed E-state index contributed by atoms with van der Waals surface area (Å²) in [5.41, 5.74) is 2.55. The van der Waals surface area contributed by atoms with Gasteiger partial charge >= 0.3 is 0 Å². The maximum absolute atomic E-state index is 13.2. The largest absolute Gasteiger partial charge is 0.390 e. The molecule has 0 aromatic heterocycles. The smallest absolute Gasteiger partial charge is 0.226 e. The second-order valence-electron chi connectivity index (χ2n) is 7.77. The van der Waals surface area contributed by atoms with Crippen molar-refractivity contribution in [3.05, 3.63) is 70.5 Å². The van der Waals surface area contributed by atoms with Crippen molar-refractivity contribution in [2.45, 2.75) is 44.8 Å². The molecule has 1 amide bonds. The van der Waals surface area contributed by atoms with Crippen LogP contribution in [0.25, 0.3) is 0 Å². The van der Waals surface area contributed by atoms with Crippen LogP contribution in [0.2, 0.25) is 5.02 Å². The molecule has 1 saturated carbocycles. The van der Waals surface area contributed by atoms with Gasteiger partial charge in [0.15, 0.2) is 6.10 Å². The lowest BCUT2D eigenvalue weighted by atomic mass is 10.0. The highest BCUT2D eigenvalue weighted by atomic mass is 35.5. The van der Waals surface area contributed by atoms with Gasteiger partial charge in [0.1, 0.15) is 5.82 Å². The zero-order valence-electron chi connectivity index (χ0n) is 16.2. The van der Waals surface area contributed by atoms with E-state index in [0.717, 1.165) is 42.5 Å². The van der Waals surface area contributed by atoms with Gasteiger partial charge in [-0.2, -0.15) is 0 Å². The molecule has 1 heterocycles. The van der Waals surface area contributed by atoms with Gasteiger partial charge in [0.05, 0.1) is 12.3 Å². The fourth-order valence-corrected chi connectivity index (χ4v) is 4.28. The van der Waals surface area contributed by atoms with E-state index < -0.39 is 0 Å². The fourth-order valence-electron chi connectivity index (χ4n) is 4.08. The number of carbonyl (C=O) groups excluding carboxylic acids is 1. The summed E-state index contributed by atoms with van der Waals surface area (Å²) in [4.78, 5) is 20.7. The average molecular weight is 415 g/mol. The molecule has 6 heteroatoms. The lowest BCUT2D eigenvalue weighted by molar-refractivity contribution is -0.137. The molecule has 1 fully saturated rings. The first-order valence-corrected chi connectivity index (χ1v) is 10.5. The van der Waals surface area contributed by atoms with Gasteiger partial charge in [-0.1, -0.05) is 59.9 Å². The molecule has 0 bridgehead atoms. The van der Waals surface area contributed by atoms with Crippen LogP contribution >= 0.6 is 11.6 Å². The van der Waals surface area contributed by atoms with Crippen LogP contribution in [0.1, 0.15) is 43.2 Å². The van der Waals surface area contributed by atoms with Crippen molar-refractivity contribution in [3.63, 3.8) is 0 Å². The molecule has 4 rings (SSSR count). The van der Waals surface area contributed by atoms with Gasteiger partial charge in [0.25, 0.3) is 0 Å². The van der Waals surface area contributed by atoms with Gasteiger partial charge in [-0.15, -0.1) is 0 Å². The van der Waals surface area contributed by atoms with E-state index in [0.29, 0.717) is 24.5 Å². The van der Waals surface area contributed by atoms with Gasteiger partial charge < -0.3 is 9.74 Å².